The molecular formula is C19H15BrN2O2S. The maximum absolute atomic E-state index is 13.4. The molecular weight excluding hydrogens is 400 g/mol. The van der Waals surface area contributed by atoms with Gasteiger partial charge in [0, 0.05) is 28.3 Å². The first-order chi connectivity index (χ1) is 12.1. The zero-order valence-electron chi connectivity index (χ0n) is 13.7. The van der Waals surface area contributed by atoms with Crippen molar-refractivity contribution in [3.63, 3.8) is 0 Å². The van der Waals surface area contributed by atoms with Crippen LogP contribution in [0.15, 0.2) is 51.9 Å². The molecule has 3 atom stereocenters. The van der Waals surface area contributed by atoms with E-state index in [0.29, 0.717) is 0 Å². The van der Waals surface area contributed by atoms with Gasteiger partial charge in [0.2, 0.25) is 0 Å². The zero-order chi connectivity index (χ0) is 17.3. The third-order valence-electron chi connectivity index (χ3n) is 5.36. The van der Waals surface area contributed by atoms with E-state index in [1.807, 2.05) is 49.7 Å². The molecule has 126 valence electrons. The second-order valence-electron chi connectivity index (χ2n) is 6.50. The van der Waals surface area contributed by atoms with E-state index in [4.69, 9.17) is 9.73 Å². The van der Waals surface area contributed by atoms with Gasteiger partial charge in [0.05, 0.1) is 5.92 Å². The Kier molecular flexibility index (Phi) is 3.16. The summed E-state index contributed by atoms with van der Waals surface area (Å²) in [5, 5.41) is 0.885. The number of halogens is 1. The zero-order valence-corrected chi connectivity index (χ0v) is 16.1. The molecule has 0 saturated carbocycles. The molecule has 5 rings (SSSR count). The van der Waals surface area contributed by atoms with Crippen molar-refractivity contribution in [2.45, 2.75) is 17.6 Å². The summed E-state index contributed by atoms with van der Waals surface area (Å²) in [6, 6.07) is 14.0. The van der Waals surface area contributed by atoms with E-state index in [2.05, 4.69) is 22.0 Å². The molecule has 2 aromatic carbocycles. The molecule has 0 unspecified atom stereocenters. The van der Waals surface area contributed by atoms with Gasteiger partial charge in [-0.3, -0.25) is 9.79 Å². The highest BCUT2D eigenvalue weighted by molar-refractivity contribution is 9.10. The summed E-state index contributed by atoms with van der Waals surface area (Å²) < 4.78 is 7.21. The van der Waals surface area contributed by atoms with Crippen molar-refractivity contribution in [1.29, 1.82) is 0 Å². The Labute approximate surface area is 158 Å². The minimum absolute atomic E-state index is 0.0178. The van der Waals surface area contributed by atoms with E-state index >= 15 is 0 Å². The Morgan fingerprint density at radius 3 is 2.88 bits per heavy atom. The lowest BCUT2D eigenvalue weighted by Gasteiger charge is -2.26. The van der Waals surface area contributed by atoms with Gasteiger partial charge in [0.15, 0.2) is 11.6 Å². The Hall–Kier alpha value is -1.79. The van der Waals surface area contributed by atoms with Gasteiger partial charge in [-0.25, -0.2) is 0 Å². The molecule has 0 N–H and O–H groups in total. The quantitative estimate of drug-likeness (QED) is 0.655. The summed E-state index contributed by atoms with van der Waals surface area (Å²) in [7, 11) is 1.83. The number of para-hydroxylation sites is 1. The molecule has 0 saturated heterocycles. The molecule has 6 heteroatoms. The van der Waals surface area contributed by atoms with Gasteiger partial charge >= 0.3 is 0 Å². The Morgan fingerprint density at radius 2 is 2.08 bits per heavy atom. The van der Waals surface area contributed by atoms with Crippen LogP contribution in [0.3, 0.4) is 0 Å². The van der Waals surface area contributed by atoms with Crippen LogP contribution in [0.2, 0.25) is 0 Å². The molecule has 0 aromatic heterocycles. The minimum atomic E-state index is -0.930. The molecule has 3 aliphatic heterocycles. The van der Waals surface area contributed by atoms with Crippen LogP contribution < -0.4 is 9.64 Å². The SMILES string of the molecule is CSC1=N[C@@]2(C(=O)N(C)c3ccccc32)[C@@H]2c3cc(Br)ccc3O[C@H]12. The molecule has 4 nitrogen and oxygen atoms in total. The predicted octanol–water partition coefficient (Wildman–Crippen LogP) is 3.94. The van der Waals surface area contributed by atoms with Crippen molar-refractivity contribution in [2.24, 2.45) is 4.99 Å². The number of hydrogen-bond acceptors (Lipinski definition) is 4. The number of aliphatic imine (C=N–C) groups is 1. The largest absolute Gasteiger partial charge is 0.482 e. The van der Waals surface area contributed by atoms with Crippen molar-refractivity contribution in [3.05, 3.63) is 58.1 Å². The van der Waals surface area contributed by atoms with Gasteiger partial charge in [-0.1, -0.05) is 34.1 Å². The van der Waals surface area contributed by atoms with Gasteiger partial charge in [-0.15, -0.1) is 11.8 Å². The fourth-order valence-corrected chi connectivity index (χ4v) is 5.35. The van der Waals surface area contributed by atoms with Crippen LogP contribution >= 0.6 is 27.7 Å². The average molecular weight is 415 g/mol. The Morgan fingerprint density at radius 1 is 1.28 bits per heavy atom. The molecule has 3 aliphatic rings. The first-order valence-electron chi connectivity index (χ1n) is 8.05. The monoisotopic (exact) mass is 414 g/mol. The van der Waals surface area contributed by atoms with Crippen LogP contribution in [0.25, 0.3) is 0 Å². The standard InChI is InChI=1S/C19H15BrN2O2S/c1-22-13-6-4-3-5-12(13)19(18(22)23)15-11-9-10(20)7-8-14(11)24-16(15)17(21-19)25-2/h3-9,15-16H,1-2H3/t15-,16+,19-/m1/s1. The van der Waals surface area contributed by atoms with Crippen LogP contribution in [0.5, 0.6) is 5.75 Å². The molecule has 0 aliphatic carbocycles. The summed E-state index contributed by atoms with van der Waals surface area (Å²) in [6.45, 7) is 0. The fraction of sp³-hybridized carbons (Fsp3) is 0.263. The van der Waals surface area contributed by atoms with Gasteiger partial charge in [0.1, 0.15) is 10.8 Å². The average Bonchev–Trinajstić information content (AvgIpc) is 3.22. The van der Waals surface area contributed by atoms with Gasteiger partial charge in [-0.2, -0.15) is 0 Å². The number of likely N-dealkylation sites (N-methyl/N-ethyl adjacent to an activating group) is 1. The molecule has 25 heavy (non-hydrogen) atoms. The fourth-order valence-electron chi connectivity index (χ4n) is 4.32. The molecule has 2 aromatic rings. The van der Waals surface area contributed by atoms with E-state index < -0.39 is 5.54 Å². The van der Waals surface area contributed by atoms with E-state index in [-0.39, 0.29) is 17.9 Å². The number of fused-ring (bicyclic) bond motifs is 6. The first kappa shape index (κ1) is 15.5. The molecule has 0 fully saturated rings. The Balaban J connectivity index is 1.81. The van der Waals surface area contributed by atoms with Crippen molar-refractivity contribution < 1.29 is 9.53 Å². The van der Waals surface area contributed by atoms with E-state index in [9.17, 15) is 4.79 Å². The number of rotatable bonds is 0. The predicted molar refractivity (Wildman–Crippen MR) is 104 cm³/mol. The van der Waals surface area contributed by atoms with E-state index in [1.54, 1.807) is 16.7 Å². The number of amides is 1. The summed E-state index contributed by atoms with van der Waals surface area (Å²) in [4.78, 5) is 20.1. The highest BCUT2D eigenvalue weighted by atomic mass is 79.9. The van der Waals surface area contributed by atoms with E-state index in [1.165, 1.54) is 0 Å². The highest BCUT2D eigenvalue weighted by Crippen LogP contribution is 2.60. The number of carbonyl (C=O) groups excluding carboxylic acids is 1. The second kappa shape index (κ2) is 5.11. The number of anilines is 1. The van der Waals surface area contributed by atoms with Crippen LogP contribution in [0.4, 0.5) is 5.69 Å². The number of ether oxygens (including phenoxy) is 1. The number of hydrogen-bond donors (Lipinski definition) is 0. The summed E-state index contributed by atoms with van der Waals surface area (Å²) in [5.41, 5.74) is 2.02. The maximum Gasteiger partial charge on any atom is 0.260 e. The summed E-state index contributed by atoms with van der Waals surface area (Å²) >= 11 is 5.12. The molecule has 3 heterocycles. The lowest BCUT2D eigenvalue weighted by Crippen LogP contribution is -2.42. The summed E-state index contributed by atoms with van der Waals surface area (Å²) in [5.74, 6) is 0.726. The second-order valence-corrected chi connectivity index (χ2v) is 8.24. The van der Waals surface area contributed by atoms with Crippen LogP contribution in [0.1, 0.15) is 17.0 Å². The Bertz CT molecular complexity index is 960. The number of carbonyl (C=O) groups is 1. The lowest BCUT2D eigenvalue weighted by molar-refractivity contribution is -0.123. The van der Waals surface area contributed by atoms with Crippen molar-refractivity contribution >= 4 is 44.3 Å². The molecule has 0 bridgehead atoms. The van der Waals surface area contributed by atoms with Crippen LogP contribution in [-0.4, -0.2) is 30.4 Å². The molecule has 0 radical (unpaired) electrons. The first-order valence-corrected chi connectivity index (χ1v) is 10.1. The lowest BCUT2D eigenvalue weighted by atomic mass is 9.76. The third kappa shape index (κ3) is 1.79. The van der Waals surface area contributed by atoms with Crippen molar-refractivity contribution in [1.82, 2.24) is 0 Å². The van der Waals surface area contributed by atoms with Crippen LogP contribution in [-0.2, 0) is 10.3 Å². The third-order valence-corrected chi connectivity index (χ3v) is 6.59. The minimum Gasteiger partial charge on any atom is -0.482 e. The molecule has 1 spiro atoms. The number of benzene rings is 2. The van der Waals surface area contributed by atoms with Crippen LogP contribution in [0, 0.1) is 0 Å². The van der Waals surface area contributed by atoms with Crippen molar-refractivity contribution in [2.75, 3.05) is 18.2 Å². The van der Waals surface area contributed by atoms with Gasteiger partial charge in [0.25, 0.3) is 5.91 Å². The smallest absolute Gasteiger partial charge is 0.260 e. The normalized spacial score (nSPS) is 28.7. The maximum atomic E-state index is 13.4. The number of thioether (sulfide) groups is 1. The molecule has 1 amide bonds. The van der Waals surface area contributed by atoms with Crippen molar-refractivity contribution in [3.8, 4) is 5.75 Å². The topological polar surface area (TPSA) is 41.9 Å². The number of nitrogens with zero attached hydrogens (tertiary/aromatic N) is 2. The highest BCUT2D eigenvalue weighted by Gasteiger charge is 2.65. The summed E-state index contributed by atoms with van der Waals surface area (Å²) in [6.07, 6.45) is 1.79. The van der Waals surface area contributed by atoms with Gasteiger partial charge in [-0.05, 0) is 30.5 Å². The van der Waals surface area contributed by atoms with E-state index in [0.717, 1.165) is 32.1 Å². The van der Waals surface area contributed by atoms with Gasteiger partial charge < -0.3 is 9.64 Å².